The number of carbonyl (C=O) groups excluding carboxylic acids is 1. The van der Waals surface area contributed by atoms with Gasteiger partial charge < -0.3 is 4.43 Å². The van der Waals surface area contributed by atoms with E-state index in [2.05, 4.69) is 109 Å². The molecule has 0 saturated carbocycles. The molecule has 0 bridgehead atoms. The molecule has 6 atom stereocenters. The van der Waals surface area contributed by atoms with Gasteiger partial charge in [-0.2, -0.15) is 0 Å². The Morgan fingerprint density at radius 3 is 1.66 bits per heavy atom. The first-order chi connectivity index (χ1) is 32.0. The number of benzene rings is 1. The summed E-state index contributed by atoms with van der Waals surface area (Å²) in [5.41, 5.74) is 1.97. The zero-order chi connectivity index (χ0) is 50.0. The molecule has 386 valence electrons. The molecule has 1 heterocycles. The fourth-order valence-electron chi connectivity index (χ4n) is 11.5. The molecule has 0 aliphatic carbocycles. The molecule has 9 heteroatoms. The van der Waals surface area contributed by atoms with E-state index in [1.165, 1.54) is 112 Å². The molecule has 0 spiro atoms. The molecule has 6 nitrogen and oxygen atoms in total. The number of ether oxygens (including phenoxy) is 2. The SMILES string of the molecule is C=C(C[C@@H](O)[C@H]1O[C@@H]1[C@@H](C[C](=C)[Sn]([CH2]CCC)([CH2]CCC)[CH2]CCC)O[Si](C(C)C)(C(C)C)C(C)C)[C@H](CC[C@@H](C/C=C/C)O[Si](CCCC)(CCCC)CCCC)C(=O)Oc1ccccc1. The minimum absolute atomic E-state index is 0.0112. The number of esters is 1. The molecule has 1 aliphatic heterocycles. The van der Waals surface area contributed by atoms with Crippen LogP contribution >= 0.6 is 0 Å². The van der Waals surface area contributed by atoms with Gasteiger partial charge in [0.2, 0.25) is 0 Å². The van der Waals surface area contributed by atoms with Crippen LogP contribution in [0.15, 0.2) is 64.8 Å². The predicted octanol–water partition coefficient (Wildman–Crippen LogP) is 17.7. The zero-order valence-corrected chi connectivity index (χ0v) is 50.8. The second-order valence-electron chi connectivity index (χ2n) is 21.8. The van der Waals surface area contributed by atoms with Crippen LogP contribution in [0.2, 0.25) is 48.1 Å². The number of rotatable bonds is 40. The number of para-hydroxylation sites is 1. The Labute approximate surface area is 420 Å². The Balaban J connectivity index is 2.55. The molecule has 0 aromatic heterocycles. The monoisotopic (exact) mass is 1070 g/mol. The van der Waals surface area contributed by atoms with E-state index in [1.54, 1.807) is 0 Å². The summed E-state index contributed by atoms with van der Waals surface area (Å²) < 4.78 is 33.6. The Bertz CT molecular complexity index is 1480. The average Bonchev–Trinajstić information content (AvgIpc) is 4.11. The normalized spacial score (nSPS) is 17.6. The van der Waals surface area contributed by atoms with E-state index in [9.17, 15) is 9.90 Å². The van der Waals surface area contributed by atoms with Crippen LogP contribution in [0.25, 0.3) is 0 Å². The number of carbonyl (C=O) groups is 1. The Hall–Kier alpha value is -1.02. The van der Waals surface area contributed by atoms with Gasteiger partial charge >= 0.3 is 277 Å². The fourth-order valence-corrected chi connectivity index (χ4v) is 37.9. The first-order valence-electron chi connectivity index (χ1n) is 27.9. The molecule has 1 N–H and O–H groups in total. The van der Waals surface area contributed by atoms with Crippen LogP contribution in [0.5, 0.6) is 5.75 Å². The first kappa shape index (κ1) is 62.1. The van der Waals surface area contributed by atoms with Crippen LogP contribution in [0, 0.1) is 5.92 Å². The van der Waals surface area contributed by atoms with Crippen molar-refractivity contribution in [1.82, 2.24) is 0 Å². The standard InChI is InChI=1S/C46H79O6Si2.3C4H9.Sn/c1-13-18-26-40(51-53(31-19-14-2,32-20-15-3)33-21-16-4)29-30-41(46(48)49-39-27-23-22-24-28-39)38(12)34-42(47)44-45(50-44)43(25-17-5)52-54(35(6)7,36(8)9)37(10)11;3*1-3-4-2;/h13,18,22-24,27-28,35-37,40-45,47H,5,12,14-16,19-21,25-26,29-34H2,1-4,6-11H3;3*1,3-4H2,2H3;/b18-13+;;;;/t40-,41+,42-,43-,44-,45-;;;;/m1..../s1. The minimum Gasteiger partial charge on any atom is -0.0620 e. The van der Waals surface area contributed by atoms with Crippen molar-refractivity contribution in [2.75, 3.05) is 0 Å². The van der Waals surface area contributed by atoms with Crippen LogP contribution in [-0.4, -0.2) is 76.6 Å². The number of hydrogen-bond acceptors (Lipinski definition) is 6. The van der Waals surface area contributed by atoms with Gasteiger partial charge in [-0.05, 0) is 43.6 Å². The van der Waals surface area contributed by atoms with Crippen LogP contribution < -0.4 is 4.74 Å². The summed E-state index contributed by atoms with van der Waals surface area (Å²) in [5.74, 6) is -0.390. The Kier molecular flexibility index (Phi) is 30.5. The second kappa shape index (κ2) is 32.9. The van der Waals surface area contributed by atoms with Gasteiger partial charge in [-0.15, -0.1) is 0 Å². The van der Waals surface area contributed by atoms with Gasteiger partial charge in [0.15, 0.2) is 8.32 Å². The average molecular weight is 1070 g/mol. The van der Waals surface area contributed by atoms with E-state index in [1.807, 2.05) is 30.3 Å². The van der Waals surface area contributed by atoms with E-state index in [-0.39, 0.29) is 30.7 Å². The number of aliphatic hydroxyl groups is 1. The third-order valence-electron chi connectivity index (χ3n) is 15.6. The van der Waals surface area contributed by atoms with Crippen molar-refractivity contribution in [3.63, 3.8) is 0 Å². The van der Waals surface area contributed by atoms with Gasteiger partial charge in [-0.25, -0.2) is 0 Å². The Morgan fingerprint density at radius 1 is 0.716 bits per heavy atom. The Morgan fingerprint density at radius 2 is 1.21 bits per heavy atom. The third kappa shape index (κ3) is 19.8. The van der Waals surface area contributed by atoms with Crippen molar-refractivity contribution in [3.05, 3.63) is 64.8 Å². The molecule has 0 radical (unpaired) electrons. The van der Waals surface area contributed by atoms with E-state index < -0.39 is 53.1 Å². The zero-order valence-electron chi connectivity index (χ0n) is 45.9. The summed E-state index contributed by atoms with van der Waals surface area (Å²) in [6.07, 6.45) is 20.6. The number of epoxide rings is 1. The maximum absolute atomic E-state index is 14.4. The number of allylic oxidation sites excluding steroid dienone is 1. The van der Waals surface area contributed by atoms with E-state index in [0.29, 0.717) is 34.4 Å². The molecule has 1 aliphatic rings. The number of aliphatic hydroxyl groups excluding tert-OH is 1. The summed E-state index contributed by atoms with van der Waals surface area (Å²) >= 11 is -2.84. The van der Waals surface area contributed by atoms with Crippen molar-refractivity contribution in [2.24, 2.45) is 5.92 Å². The number of unbranched alkanes of at least 4 members (excludes halogenated alkanes) is 6. The van der Waals surface area contributed by atoms with Crippen molar-refractivity contribution in [2.45, 2.75) is 278 Å². The van der Waals surface area contributed by atoms with Gasteiger partial charge in [-0.1, -0.05) is 89.6 Å². The van der Waals surface area contributed by atoms with E-state index in [4.69, 9.17) is 24.9 Å². The molecule has 2 rings (SSSR count). The third-order valence-corrected chi connectivity index (χ3v) is 42.4. The van der Waals surface area contributed by atoms with Gasteiger partial charge in [0.1, 0.15) is 0 Å². The molecule has 1 fully saturated rings. The maximum atomic E-state index is 14.4. The van der Waals surface area contributed by atoms with Crippen LogP contribution in [-0.2, 0) is 18.4 Å². The first-order valence-corrected chi connectivity index (χ1v) is 40.1. The quantitative estimate of drug-likeness (QED) is 0.0232. The minimum atomic E-state index is -2.84. The molecule has 67 heavy (non-hydrogen) atoms. The summed E-state index contributed by atoms with van der Waals surface area (Å²) in [5, 5.41) is 12.2. The van der Waals surface area contributed by atoms with Crippen LogP contribution in [0.3, 0.4) is 0 Å². The fraction of sp³-hybridized carbons (Fsp3) is 0.776. The molecule has 0 amide bonds. The summed E-state index contributed by atoms with van der Waals surface area (Å²) in [7, 11) is -4.36. The molecular formula is C58H106O6Si2Sn. The summed E-state index contributed by atoms with van der Waals surface area (Å²) in [6.45, 7) is 39.8. The molecule has 1 aromatic carbocycles. The topological polar surface area (TPSA) is 77.5 Å². The van der Waals surface area contributed by atoms with Crippen LogP contribution in [0.1, 0.15) is 199 Å². The molecular weight excluding hydrogens is 968 g/mol. The van der Waals surface area contributed by atoms with Gasteiger partial charge in [0, 0.05) is 0 Å². The van der Waals surface area contributed by atoms with Gasteiger partial charge in [-0.3, -0.25) is 0 Å². The van der Waals surface area contributed by atoms with E-state index in [0.717, 1.165) is 19.3 Å². The van der Waals surface area contributed by atoms with Gasteiger partial charge in [0.05, 0.1) is 0 Å². The molecule has 0 unspecified atom stereocenters. The smallest absolute Gasteiger partial charge is 0.0620 e. The summed E-state index contributed by atoms with van der Waals surface area (Å²) in [6, 6.07) is 13.0. The van der Waals surface area contributed by atoms with Crippen molar-refractivity contribution in [1.29, 1.82) is 0 Å². The van der Waals surface area contributed by atoms with Crippen molar-refractivity contribution < 1.29 is 28.2 Å². The van der Waals surface area contributed by atoms with Crippen molar-refractivity contribution >= 4 is 41.0 Å². The number of hydrogen-bond donors (Lipinski definition) is 1. The molecule has 1 saturated heterocycles. The molecule has 1 aromatic rings. The second-order valence-corrected chi connectivity index (χ2v) is 44.9. The van der Waals surface area contributed by atoms with Crippen molar-refractivity contribution in [3.8, 4) is 5.75 Å². The summed E-state index contributed by atoms with van der Waals surface area (Å²) in [4.78, 5) is 14.4. The van der Waals surface area contributed by atoms with Gasteiger partial charge in [0.25, 0.3) is 0 Å². The van der Waals surface area contributed by atoms with E-state index >= 15 is 0 Å². The predicted molar refractivity (Wildman–Crippen MR) is 297 cm³/mol. The van der Waals surface area contributed by atoms with Crippen LogP contribution in [0.4, 0.5) is 0 Å².